The van der Waals surface area contributed by atoms with E-state index in [1.807, 2.05) is 48.5 Å². The third kappa shape index (κ3) is 2.95. The maximum Gasteiger partial charge on any atom is 0.0444 e. The molecule has 2 aromatic carbocycles. The predicted molar refractivity (Wildman–Crippen MR) is 75.5 cm³/mol. The van der Waals surface area contributed by atoms with Gasteiger partial charge in [-0.3, -0.25) is 0 Å². The van der Waals surface area contributed by atoms with Crippen LogP contribution in [0, 0.1) is 0 Å². The summed E-state index contributed by atoms with van der Waals surface area (Å²) in [7, 11) is 0. The number of alkyl halides is 1. The number of rotatable bonds is 3. The van der Waals surface area contributed by atoms with E-state index < -0.39 is 0 Å². The van der Waals surface area contributed by atoms with E-state index in [-0.39, 0.29) is 5.92 Å². The Balaban J connectivity index is 2.40. The van der Waals surface area contributed by atoms with E-state index in [1.165, 1.54) is 0 Å². The summed E-state index contributed by atoms with van der Waals surface area (Å²) in [6.07, 6.45) is 0. The molecule has 0 saturated carbocycles. The van der Waals surface area contributed by atoms with E-state index in [2.05, 4.69) is 0 Å². The summed E-state index contributed by atoms with van der Waals surface area (Å²) in [5.41, 5.74) is 2.17. The van der Waals surface area contributed by atoms with Crippen LogP contribution in [0.4, 0.5) is 0 Å². The topological polar surface area (TPSA) is 0 Å². The number of halogens is 3. The molecule has 0 radical (unpaired) electrons. The van der Waals surface area contributed by atoms with Crippen LogP contribution in [-0.4, -0.2) is 5.88 Å². The fourth-order valence-corrected chi connectivity index (χ4v) is 2.54. The van der Waals surface area contributed by atoms with Crippen molar-refractivity contribution in [2.75, 3.05) is 5.88 Å². The molecule has 0 spiro atoms. The Kier molecular flexibility index (Phi) is 4.33. The van der Waals surface area contributed by atoms with Crippen molar-refractivity contribution in [3.63, 3.8) is 0 Å². The van der Waals surface area contributed by atoms with Crippen LogP contribution in [0.25, 0.3) is 0 Å². The SMILES string of the molecule is ClC[C@@H](c1ccc(Cl)cc1)c1ccccc1Cl. The molecule has 0 aliphatic rings. The second-order valence-electron chi connectivity index (χ2n) is 3.78. The molecule has 88 valence electrons. The standard InChI is InChI=1S/C14H11Cl3/c15-9-13(10-5-7-11(16)8-6-10)12-3-1-2-4-14(12)17/h1-8,13H,9H2/t13-/m0/s1. The van der Waals surface area contributed by atoms with Gasteiger partial charge in [0.15, 0.2) is 0 Å². The maximum absolute atomic E-state index is 6.19. The minimum atomic E-state index is 0.0997. The Hall–Kier alpha value is -0.690. The summed E-state index contributed by atoms with van der Waals surface area (Å²) in [4.78, 5) is 0. The molecule has 0 N–H and O–H groups in total. The molecular weight excluding hydrogens is 275 g/mol. The van der Waals surface area contributed by atoms with Gasteiger partial charge < -0.3 is 0 Å². The van der Waals surface area contributed by atoms with Crippen molar-refractivity contribution in [2.45, 2.75) is 5.92 Å². The van der Waals surface area contributed by atoms with Gasteiger partial charge in [0.05, 0.1) is 0 Å². The zero-order valence-electron chi connectivity index (χ0n) is 9.04. The van der Waals surface area contributed by atoms with Crippen LogP contribution < -0.4 is 0 Å². The average molecular weight is 286 g/mol. The zero-order valence-corrected chi connectivity index (χ0v) is 11.3. The van der Waals surface area contributed by atoms with Gasteiger partial charge >= 0.3 is 0 Å². The molecule has 0 unspecified atom stereocenters. The van der Waals surface area contributed by atoms with Gasteiger partial charge in [-0.2, -0.15) is 0 Å². The monoisotopic (exact) mass is 284 g/mol. The Morgan fingerprint density at radius 2 is 1.53 bits per heavy atom. The van der Waals surface area contributed by atoms with Gasteiger partial charge in [0.25, 0.3) is 0 Å². The van der Waals surface area contributed by atoms with E-state index in [0.29, 0.717) is 5.88 Å². The second kappa shape index (κ2) is 5.77. The predicted octanol–water partition coefficient (Wildman–Crippen LogP) is 5.36. The molecule has 0 heterocycles. The van der Waals surface area contributed by atoms with E-state index in [9.17, 15) is 0 Å². The summed E-state index contributed by atoms with van der Waals surface area (Å²) in [5.74, 6) is 0.591. The van der Waals surface area contributed by atoms with Crippen molar-refractivity contribution >= 4 is 34.8 Å². The Labute approximate surface area is 116 Å². The second-order valence-corrected chi connectivity index (χ2v) is 4.93. The Bertz CT molecular complexity index is 491. The number of hydrogen-bond donors (Lipinski definition) is 0. The van der Waals surface area contributed by atoms with Crippen molar-refractivity contribution < 1.29 is 0 Å². The van der Waals surface area contributed by atoms with Crippen LogP contribution in [0.5, 0.6) is 0 Å². The van der Waals surface area contributed by atoms with E-state index in [4.69, 9.17) is 34.8 Å². The first-order chi connectivity index (χ1) is 8.22. The minimum absolute atomic E-state index is 0.0997. The average Bonchev–Trinajstić information content (AvgIpc) is 2.35. The maximum atomic E-state index is 6.19. The van der Waals surface area contributed by atoms with Gasteiger partial charge in [0, 0.05) is 21.8 Å². The van der Waals surface area contributed by atoms with E-state index in [1.54, 1.807) is 0 Å². The first-order valence-electron chi connectivity index (χ1n) is 5.28. The number of benzene rings is 2. The summed E-state index contributed by atoms with van der Waals surface area (Å²) in [5, 5.41) is 1.47. The molecule has 0 saturated heterocycles. The summed E-state index contributed by atoms with van der Waals surface area (Å²) >= 11 is 18.1. The Morgan fingerprint density at radius 1 is 0.882 bits per heavy atom. The normalized spacial score (nSPS) is 12.4. The minimum Gasteiger partial charge on any atom is -0.126 e. The van der Waals surface area contributed by atoms with E-state index in [0.717, 1.165) is 21.2 Å². The molecule has 0 aromatic heterocycles. The molecule has 0 fully saturated rings. The molecule has 2 rings (SSSR count). The lowest BCUT2D eigenvalue weighted by molar-refractivity contribution is 0.931. The fraction of sp³-hybridized carbons (Fsp3) is 0.143. The molecular formula is C14H11Cl3. The van der Waals surface area contributed by atoms with Crippen LogP contribution in [0.2, 0.25) is 10.0 Å². The molecule has 17 heavy (non-hydrogen) atoms. The van der Waals surface area contributed by atoms with Gasteiger partial charge in [-0.15, -0.1) is 11.6 Å². The lowest BCUT2D eigenvalue weighted by atomic mass is 9.93. The molecule has 0 aliphatic heterocycles. The lowest BCUT2D eigenvalue weighted by Gasteiger charge is -2.16. The van der Waals surface area contributed by atoms with Crippen molar-refractivity contribution in [2.24, 2.45) is 0 Å². The summed E-state index contributed by atoms with van der Waals surface area (Å²) in [6.45, 7) is 0. The zero-order chi connectivity index (χ0) is 12.3. The van der Waals surface area contributed by atoms with Crippen molar-refractivity contribution in [1.29, 1.82) is 0 Å². The highest BCUT2D eigenvalue weighted by Gasteiger charge is 2.15. The van der Waals surface area contributed by atoms with Gasteiger partial charge in [-0.1, -0.05) is 53.5 Å². The van der Waals surface area contributed by atoms with Crippen LogP contribution in [0.3, 0.4) is 0 Å². The third-order valence-electron chi connectivity index (χ3n) is 2.71. The van der Waals surface area contributed by atoms with Crippen molar-refractivity contribution in [3.8, 4) is 0 Å². The van der Waals surface area contributed by atoms with Gasteiger partial charge in [0.1, 0.15) is 0 Å². The van der Waals surface area contributed by atoms with Crippen LogP contribution in [0.1, 0.15) is 17.0 Å². The van der Waals surface area contributed by atoms with Crippen molar-refractivity contribution in [3.05, 3.63) is 69.7 Å². The quantitative estimate of drug-likeness (QED) is 0.666. The first kappa shape index (κ1) is 12.8. The molecule has 3 heteroatoms. The molecule has 0 bridgehead atoms. The molecule has 1 atom stereocenters. The molecule has 2 aromatic rings. The van der Waals surface area contributed by atoms with E-state index >= 15 is 0 Å². The van der Waals surface area contributed by atoms with Crippen LogP contribution in [-0.2, 0) is 0 Å². The lowest BCUT2D eigenvalue weighted by Crippen LogP contribution is -2.03. The molecule has 0 aliphatic carbocycles. The summed E-state index contributed by atoms with van der Waals surface area (Å²) < 4.78 is 0. The highest BCUT2D eigenvalue weighted by molar-refractivity contribution is 6.31. The largest absolute Gasteiger partial charge is 0.126 e. The first-order valence-corrected chi connectivity index (χ1v) is 6.57. The van der Waals surface area contributed by atoms with Gasteiger partial charge in [0.2, 0.25) is 0 Å². The van der Waals surface area contributed by atoms with Crippen LogP contribution >= 0.6 is 34.8 Å². The molecule has 0 nitrogen and oxygen atoms in total. The Morgan fingerprint density at radius 3 is 2.12 bits per heavy atom. The highest BCUT2D eigenvalue weighted by Crippen LogP contribution is 2.31. The summed E-state index contributed by atoms with van der Waals surface area (Å²) in [6, 6.07) is 15.5. The fourth-order valence-electron chi connectivity index (χ4n) is 1.80. The van der Waals surface area contributed by atoms with Gasteiger partial charge in [-0.25, -0.2) is 0 Å². The smallest absolute Gasteiger partial charge is 0.0444 e. The number of hydrogen-bond acceptors (Lipinski definition) is 0. The highest BCUT2D eigenvalue weighted by atomic mass is 35.5. The third-order valence-corrected chi connectivity index (χ3v) is 3.61. The van der Waals surface area contributed by atoms with Gasteiger partial charge in [-0.05, 0) is 29.3 Å². The molecule has 0 amide bonds. The van der Waals surface area contributed by atoms with Crippen LogP contribution in [0.15, 0.2) is 48.5 Å². The van der Waals surface area contributed by atoms with Crippen molar-refractivity contribution in [1.82, 2.24) is 0 Å².